The summed E-state index contributed by atoms with van der Waals surface area (Å²) in [6, 6.07) is 13.9. The molecule has 1 heterocycles. The van der Waals surface area contributed by atoms with Crippen molar-refractivity contribution in [2.75, 3.05) is 0 Å². The first kappa shape index (κ1) is 14.2. The van der Waals surface area contributed by atoms with Crippen LogP contribution in [-0.4, -0.2) is 31.3 Å². The second kappa shape index (κ2) is 5.95. The summed E-state index contributed by atoms with van der Waals surface area (Å²) in [5.41, 5.74) is 1.88. The molecule has 22 heavy (non-hydrogen) atoms. The lowest BCUT2D eigenvalue weighted by molar-refractivity contribution is 0.0697. The SMILES string of the molecule is O=C(O)c1ccc(Cn2nnnc2-c2ccccc2Cl)cc1. The van der Waals surface area contributed by atoms with Gasteiger partial charge >= 0.3 is 5.97 Å². The second-order valence-corrected chi connectivity index (χ2v) is 5.05. The maximum Gasteiger partial charge on any atom is 0.335 e. The minimum atomic E-state index is -0.953. The lowest BCUT2D eigenvalue weighted by Crippen LogP contribution is -2.05. The molecule has 3 aromatic rings. The average molecular weight is 315 g/mol. The van der Waals surface area contributed by atoms with Crippen LogP contribution in [0.1, 0.15) is 15.9 Å². The highest BCUT2D eigenvalue weighted by Gasteiger charge is 2.12. The highest BCUT2D eigenvalue weighted by atomic mass is 35.5. The minimum Gasteiger partial charge on any atom is -0.478 e. The zero-order chi connectivity index (χ0) is 15.5. The van der Waals surface area contributed by atoms with Gasteiger partial charge in [-0.15, -0.1) is 5.10 Å². The normalized spacial score (nSPS) is 10.6. The van der Waals surface area contributed by atoms with Gasteiger partial charge in [-0.1, -0.05) is 35.9 Å². The molecule has 110 valence electrons. The number of aromatic nitrogens is 4. The molecule has 0 atom stereocenters. The van der Waals surface area contributed by atoms with Gasteiger partial charge in [-0.3, -0.25) is 0 Å². The smallest absolute Gasteiger partial charge is 0.335 e. The summed E-state index contributed by atoms with van der Waals surface area (Å²) in [6.45, 7) is 0.424. The van der Waals surface area contributed by atoms with Crippen molar-refractivity contribution in [3.05, 3.63) is 64.7 Å². The maximum absolute atomic E-state index is 10.9. The highest BCUT2D eigenvalue weighted by Crippen LogP contribution is 2.25. The molecule has 7 heteroatoms. The summed E-state index contributed by atoms with van der Waals surface area (Å²) in [7, 11) is 0. The van der Waals surface area contributed by atoms with Gasteiger partial charge in [0.05, 0.1) is 17.1 Å². The van der Waals surface area contributed by atoms with Gasteiger partial charge in [0.2, 0.25) is 0 Å². The van der Waals surface area contributed by atoms with Crippen LogP contribution >= 0.6 is 11.6 Å². The molecule has 0 saturated carbocycles. The third kappa shape index (κ3) is 2.82. The molecule has 0 saturated heterocycles. The molecule has 0 aliphatic carbocycles. The monoisotopic (exact) mass is 314 g/mol. The Balaban J connectivity index is 1.90. The van der Waals surface area contributed by atoms with E-state index in [1.165, 1.54) is 0 Å². The average Bonchev–Trinajstić information content (AvgIpc) is 2.96. The number of halogens is 1. The van der Waals surface area contributed by atoms with Crippen LogP contribution in [0.5, 0.6) is 0 Å². The number of nitrogens with zero attached hydrogens (tertiary/aromatic N) is 4. The number of carboxylic acids is 1. The zero-order valence-electron chi connectivity index (χ0n) is 11.3. The van der Waals surface area contributed by atoms with Gasteiger partial charge in [0.1, 0.15) is 0 Å². The van der Waals surface area contributed by atoms with Gasteiger partial charge in [-0.2, -0.15) is 0 Å². The van der Waals surface area contributed by atoms with Crippen molar-refractivity contribution in [1.82, 2.24) is 20.2 Å². The molecule has 0 aliphatic rings. The van der Waals surface area contributed by atoms with Crippen LogP contribution in [0.4, 0.5) is 0 Å². The van der Waals surface area contributed by atoms with Gasteiger partial charge in [0.25, 0.3) is 0 Å². The second-order valence-electron chi connectivity index (χ2n) is 4.64. The molecule has 0 fully saturated rings. The summed E-state index contributed by atoms with van der Waals surface area (Å²) >= 11 is 6.17. The molecule has 0 aliphatic heterocycles. The first-order valence-electron chi connectivity index (χ1n) is 6.48. The minimum absolute atomic E-state index is 0.242. The van der Waals surface area contributed by atoms with E-state index in [-0.39, 0.29) is 5.56 Å². The Morgan fingerprint density at radius 3 is 2.55 bits per heavy atom. The Kier molecular flexibility index (Phi) is 3.84. The molecule has 3 rings (SSSR count). The third-order valence-electron chi connectivity index (χ3n) is 3.18. The first-order chi connectivity index (χ1) is 10.6. The topological polar surface area (TPSA) is 80.9 Å². The third-order valence-corrected chi connectivity index (χ3v) is 3.51. The van der Waals surface area contributed by atoms with E-state index in [0.717, 1.165) is 11.1 Å². The number of carboxylic acid groups (broad SMARTS) is 1. The van der Waals surface area contributed by atoms with Gasteiger partial charge in [0.15, 0.2) is 5.82 Å². The summed E-state index contributed by atoms with van der Waals surface area (Å²) < 4.78 is 1.62. The largest absolute Gasteiger partial charge is 0.478 e. The van der Waals surface area contributed by atoms with Crippen molar-refractivity contribution in [3.63, 3.8) is 0 Å². The number of hydrogen-bond donors (Lipinski definition) is 1. The molecule has 0 spiro atoms. The Hall–Kier alpha value is -2.73. The number of hydrogen-bond acceptors (Lipinski definition) is 4. The van der Waals surface area contributed by atoms with Crippen molar-refractivity contribution >= 4 is 17.6 Å². The summed E-state index contributed by atoms with van der Waals surface area (Å²) in [6.07, 6.45) is 0. The van der Waals surface area contributed by atoms with Crippen LogP contribution in [0, 0.1) is 0 Å². The van der Waals surface area contributed by atoms with E-state index >= 15 is 0 Å². The van der Waals surface area contributed by atoms with Crippen LogP contribution in [0.3, 0.4) is 0 Å². The van der Waals surface area contributed by atoms with E-state index in [1.807, 2.05) is 18.2 Å². The van der Waals surface area contributed by atoms with Crippen molar-refractivity contribution in [1.29, 1.82) is 0 Å². The molecule has 0 radical (unpaired) electrons. The maximum atomic E-state index is 10.9. The zero-order valence-corrected chi connectivity index (χ0v) is 12.1. The van der Waals surface area contributed by atoms with Crippen LogP contribution in [0.25, 0.3) is 11.4 Å². The predicted octanol–water partition coefficient (Wildman–Crippen LogP) is 2.74. The van der Waals surface area contributed by atoms with Gasteiger partial charge < -0.3 is 5.11 Å². The lowest BCUT2D eigenvalue weighted by atomic mass is 10.1. The molecular formula is C15H11ClN4O2. The number of benzene rings is 2. The van der Waals surface area contributed by atoms with Crippen molar-refractivity contribution in [2.24, 2.45) is 0 Å². The van der Waals surface area contributed by atoms with Crippen molar-refractivity contribution in [3.8, 4) is 11.4 Å². The van der Waals surface area contributed by atoms with Crippen LogP contribution < -0.4 is 0 Å². The Morgan fingerprint density at radius 2 is 1.86 bits per heavy atom. The van der Waals surface area contributed by atoms with Crippen LogP contribution in [0.2, 0.25) is 5.02 Å². The summed E-state index contributed by atoms with van der Waals surface area (Å²) in [4.78, 5) is 10.9. The summed E-state index contributed by atoms with van der Waals surface area (Å²) in [5.74, 6) is -0.390. The molecule has 6 nitrogen and oxygen atoms in total. The molecule has 1 N–H and O–H groups in total. The molecular weight excluding hydrogens is 304 g/mol. The fourth-order valence-electron chi connectivity index (χ4n) is 2.07. The fourth-order valence-corrected chi connectivity index (χ4v) is 2.29. The standard InChI is InChI=1S/C15H11ClN4O2/c16-13-4-2-1-3-12(13)14-17-18-19-20(14)9-10-5-7-11(8-6-10)15(21)22/h1-8H,9H2,(H,21,22). The first-order valence-corrected chi connectivity index (χ1v) is 6.86. The van der Waals surface area contributed by atoms with Crippen molar-refractivity contribution in [2.45, 2.75) is 6.54 Å². The van der Waals surface area contributed by atoms with Gasteiger partial charge in [-0.05, 0) is 40.3 Å². The van der Waals surface area contributed by atoms with E-state index < -0.39 is 5.97 Å². The molecule has 0 amide bonds. The Labute approximate surface area is 131 Å². The number of carbonyl (C=O) groups is 1. The Morgan fingerprint density at radius 1 is 1.14 bits per heavy atom. The fraction of sp³-hybridized carbons (Fsp3) is 0.0667. The molecule has 0 unspecified atom stereocenters. The van der Waals surface area contributed by atoms with Crippen LogP contribution in [-0.2, 0) is 6.54 Å². The van der Waals surface area contributed by atoms with Gasteiger partial charge in [-0.25, -0.2) is 9.48 Å². The quantitative estimate of drug-likeness (QED) is 0.800. The van der Waals surface area contributed by atoms with E-state index in [0.29, 0.717) is 17.4 Å². The number of rotatable bonds is 4. The number of aromatic carboxylic acids is 1. The summed E-state index contributed by atoms with van der Waals surface area (Å²) in [5, 5.41) is 21.1. The van der Waals surface area contributed by atoms with E-state index in [2.05, 4.69) is 15.5 Å². The Bertz CT molecular complexity index is 814. The predicted molar refractivity (Wildman–Crippen MR) is 80.8 cm³/mol. The van der Waals surface area contributed by atoms with E-state index in [1.54, 1.807) is 35.0 Å². The van der Waals surface area contributed by atoms with E-state index in [9.17, 15) is 4.79 Å². The van der Waals surface area contributed by atoms with Crippen LogP contribution in [0.15, 0.2) is 48.5 Å². The molecule has 1 aromatic heterocycles. The van der Waals surface area contributed by atoms with Crippen molar-refractivity contribution < 1.29 is 9.90 Å². The van der Waals surface area contributed by atoms with E-state index in [4.69, 9.17) is 16.7 Å². The number of tetrazole rings is 1. The van der Waals surface area contributed by atoms with Gasteiger partial charge in [0, 0.05) is 5.56 Å². The molecule has 2 aromatic carbocycles. The highest BCUT2D eigenvalue weighted by molar-refractivity contribution is 6.33. The lowest BCUT2D eigenvalue weighted by Gasteiger charge is -2.06. The molecule has 0 bridgehead atoms.